The predicted molar refractivity (Wildman–Crippen MR) is 82.1 cm³/mol. The molecule has 0 saturated heterocycles. The fourth-order valence-corrected chi connectivity index (χ4v) is 1.77. The van der Waals surface area contributed by atoms with Gasteiger partial charge in [-0.2, -0.15) is 5.10 Å². The lowest BCUT2D eigenvalue weighted by Crippen LogP contribution is -2.10. The Kier molecular flexibility index (Phi) is 4.55. The number of anilines is 1. The molecule has 1 aromatic heterocycles. The molecule has 0 radical (unpaired) electrons. The van der Waals surface area contributed by atoms with Crippen LogP contribution in [0, 0.1) is 17.0 Å². The lowest BCUT2D eigenvalue weighted by molar-refractivity contribution is -0.385. The third-order valence-corrected chi connectivity index (χ3v) is 2.76. The van der Waals surface area contributed by atoms with E-state index in [-0.39, 0.29) is 34.3 Å². The number of aryl methyl sites for hydroxylation is 1. The van der Waals surface area contributed by atoms with Gasteiger partial charge in [0.2, 0.25) is 5.95 Å². The van der Waals surface area contributed by atoms with Gasteiger partial charge in [0.25, 0.3) is 11.2 Å². The number of methoxy groups -OCH3 is 1. The van der Waals surface area contributed by atoms with Crippen molar-refractivity contribution in [3.8, 4) is 11.5 Å². The van der Waals surface area contributed by atoms with Crippen molar-refractivity contribution < 1.29 is 14.8 Å². The maximum Gasteiger partial charge on any atom is 0.274 e. The summed E-state index contributed by atoms with van der Waals surface area (Å²) in [6, 6.07) is 3.54. The molecule has 0 aliphatic carbocycles. The predicted octanol–water partition coefficient (Wildman–Crippen LogP) is 1.15. The molecule has 23 heavy (non-hydrogen) atoms. The average molecular weight is 319 g/mol. The van der Waals surface area contributed by atoms with E-state index in [0.717, 1.165) is 18.3 Å². The molecule has 1 aromatic carbocycles. The molecule has 0 aliphatic heterocycles. The van der Waals surface area contributed by atoms with Crippen LogP contribution >= 0.6 is 0 Å². The van der Waals surface area contributed by atoms with Crippen LogP contribution in [0.1, 0.15) is 11.3 Å². The Morgan fingerprint density at radius 1 is 1.48 bits per heavy atom. The van der Waals surface area contributed by atoms with E-state index in [1.54, 1.807) is 6.92 Å². The summed E-state index contributed by atoms with van der Waals surface area (Å²) in [4.78, 5) is 27.9. The van der Waals surface area contributed by atoms with Crippen molar-refractivity contribution in [1.29, 1.82) is 0 Å². The van der Waals surface area contributed by atoms with Crippen LogP contribution in [0.4, 0.5) is 11.6 Å². The summed E-state index contributed by atoms with van der Waals surface area (Å²) < 4.78 is 4.88. The lowest BCUT2D eigenvalue weighted by atomic mass is 10.2. The Balaban J connectivity index is 2.29. The number of H-pyrrole nitrogens is 1. The second-order valence-electron chi connectivity index (χ2n) is 4.45. The standard InChI is InChI=1S/C13H13N5O5/c1-7-3-11(19)16-13(15-7)17-14-6-8-4-9(18(21)22)5-10(23-2)12(8)20/h3-6,20H,1-2H3,(H2,15,16,17,19). The van der Waals surface area contributed by atoms with E-state index < -0.39 is 4.92 Å². The topological polar surface area (TPSA) is 143 Å². The zero-order chi connectivity index (χ0) is 17.0. The van der Waals surface area contributed by atoms with Gasteiger partial charge in [0, 0.05) is 23.4 Å². The maximum atomic E-state index is 11.3. The van der Waals surface area contributed by atoms with Crippen molar-refractivity contribution in [1.82, 2.24) is 9.97 Å². The Bertz CT molecular complexity index is 830. The Morgan fingerprint density at radius 2 is 2.22 bits per heavy atom. The summed E-state index contributed by atoms with van der Waals surface area (Å²) in [5.41, 5.74) is 2.42. The number of phenols is 1. The van der Waals surface area contributed by atoms with Crippen molar-refractivity contribution in [3.63, 3.8) is 0 Å². The quantitative estimate of drug-likeness (QED) is 0.426. The molecule has 0 bridgehead atoms. The Labute approximate surface area is 129 Å². The van der Waals surface area contributed by atoms with Crippen LogP contribution in [-0.2, 0) is 0 Å². The monoisotopic (exact) mass is 319 g/mol. The van der Waals surface area contributed by atoms with E-state index >= 15 is 0 Å². The summed E-state index contributed by atoms with van der Waals surface area (Å²) in [6.45, 7) is 1.64. The molecule has 0 spiro atoms. The molecule has 120 valence electrons. The number of nitrogens with one attached hydrogen (secondary N) is 2. The number of nitro groups is 1. The molecule has 0 fully saturated rings. The average Bonchev–Trinajstić information content (AvgIpc) is 2.47. The third-order valence-electron chi connectivity index (χ3n) is 2.76. The molecule has 0 saturated carbocycles. The molecule has 0 atom stereocenters. The second kappa shape index (κ2) is 6.56. The van der Waals surface area contributed by atoms with Crippen molar-refractivity contribution in [2.24, 2.45) is 5.10 Å². The van der Waals surface area contributed by atoms with Crippen LogP contribution in [0.25, 0.3) is 0 Å². The van der Waals surface area contributed by atoms with Crippen LogP contribution in [0.5, 0.6) is 11.5 Å². The van der Waals surface area contributed by atoms with Crippen LogP contribution in [0.2, 0.25) is 0 Å². The van der Waals surface area contributed by atoms with E-state index in [9.17, 15) is 20.0 Å². The lowest BCUT2D eigenvalue weighted by Gasteiger charge is -2.06. The molecule has 0 unspecified atom stereocenters. The van der Waals surface area contributed by atoms with Crippen LogP contribution in [0.15, 0.2) is 28.1 Å². The molecule has 0 amide bonds. The molecule has 10 nitrogen and oxygen atoms in total. The number of nitro benzene ring substituents is 1. The van der Waals surface area contributed by atoms with Crippen LogP contribution < -0.4 is 15.7 Å². The number of non-ortho nitro benzene ring substituents is 1. The highest BCUT2D eigenvalue weighted by atomic mass is 16.6. The number of hydrogen-bond acceptors (Lipinski definition) is 8. The fourth-order valence-electron chi connectivity index (χ4n) is 1.77. The number of ether oxygens (including phenoxy) is 1. The summed E-state index contributed by atoms with van der Waals surface area (Å²) >= 11 is 0. The Hall–Kier alpha value is -3.43. The number of benzene rings is 1. The van der Waals surface area contributed by atoms with Gasteiger partial charge in [-0.1, -0.05) is 0 Å². The van der Waals surface area contributed by atoms with E-state index in [1.165, 1.54) is 13.2 Å². The van der Waals surface area contributed by atoms with Gasteiger partial charge in [-0.25, -0.2) is 10.4 Å². The maximum absolute atomic E-state index is 11.3. The smallest absolute Gasteiger partial charge is 0.274 e. The SMILES string of the molecule is COc1cc([N+](=O)[O-])cc(C=NNc2nc(C)cc(=O)[nH]2)c1O. The zero-order valence-corrected chi connectivity index (χ0v) is 12.2. The minimum Gasteiger partial charge on any atom is -0.504 e. The number of aromatic nitrogens is 2. The van der Waals surface area contributed by atoms with E-state index in [2.05, 4.69) is 20.5 Å². The van der Waals surface area contributed by atoms with Gasteiger partial charge in [-0.3, -0.25) is 19.9 Å². The van der Waals surface area contributed by atoms with E-state index in [1.807, 2.05) is 0 Å². The largest absolute Gasteiger partial charge is 0.504 e. The summed E-state index contributed by atoms with van der Waals surface area (Å²) in [5.74, 6) is -0.250. The van der Waals surface area contributed by atoms with Gasteiger partial charge in [0.1, 0.15) is 0 Å². The summed E-state index contributed by atoms with van der Waals surface area (Å²) in [6.07, 6.45) is 1.15. The normalized spacial score (nSPS) is 10.7. The number of rotatable bonds is 5. The minimum absolute atomic E-state index is 0.0530. The summed E-state index contributed by atoms with van der Waals surface area (Å²) in [5, 5.41) is 24.6. The third kappa shape index (κ3) is 3.81. The second-order valence-corrected chi connectivity index (χ2v) is 4.45. The van der Waals surface area contributed by atoms with Gasteiger partial charge in [-0.05, 0) is 6.92 Å². The van der Waals surface area contributed by atoms with Gasteiger partial charge in [0.05, 0.1) is 24.3 Å². The first-order valence-corrected chi connectivity index (χ1v) is 6.33. The van der Waals surface area contributed by atoms with Crippen molar-refractivity contribution in [2.45, 2.75) is 6.92 Å². The molecule has 1 heterocycles. The molecule has 10 heteroatoms. The number of phenolic OH excluding ortho intramolecular Hbond substituents is 1. The van der Waals surface area contributed by atoms with Gasteiger partial charge in [0.15, 0.2) is 11.5 Å². The molecular formula is C13H13N5O5. The van der Waals surface area contributed by atoms with Gasteiger partial charge >= 0.3 is 0 Å². The number of hydrogen-bond donors (Lipinski definition) is 3. The van der Waals surface area contributed by atoms with Gasteiger partial charge < -0.3 is 9.84 Å². The van der Waals surface area contributed by atoms with Crippen LogP contribution in [-0.4, -0.2) is 33.3 Å². The Morgan fingerprint density at radius 3 is 2.83 bits per heavy atom. The first kappa shape index (κ1) is 15.9. The highest BCUT2D eigenvalue weighted by Crippen LogP contribution is 2.33. The highest BCUT2D eigenvalue weighted by molar-refractivity contribution is 5.86. The van der Waals surface area contributed by atoms with Crippen molar-refractivity contribution in [2.75, 3.05) is 12.5 Å². The first-order valence-electron chi connectivity index (χ1n) is 6.33. The van der Waals surface area contributed by atoms with Gasteiger partial charge in [-0.15, -0.1) is 0 Å². The number of aromatic hydroxyl groups is 1. The summed E-state index contributed by atoms with van der Waals surface area (Å²) in [7, 11) is 1.28. The fraction of sp³-hybridized carbons (Fsp3) is 0.154. The number of nitrogens with zero attached hydrogens (tertiary/aromatic N) is 3. The highest BCUT2D eigenvalue weighted by Gasteiger charge is 2.15. The molecule has 2 aromatic rings. The van der Waals surface area contributed by atoms with Crippen molar-refractivity contribution in [3.05, 3.63) is 49.9 Å². The van der Waals surface area contributed by atoms with E-state index in [4.69, 9.17) is 4.74 Å². The minimum atomic E-state index is -0.619. The molecule has 0 aliphatic rings. The number of hydrazone groups is 1. The first-order chi connectivity index (χ1) is 10.9. The molecule has 2 rings (SSSR count). The zero-order valence-electron chi connectivity index (χ0n) is 12.2. The van der Waals surface area contributed by atoms with E-state index in [0.29, 0.717) is 5.69 Å². The van der Waals surface area contributed by atoms with Crippen LogP contribution in [0.3, 0.4) is 0 Å². The molecular weight excluding hydrogens is 306 g/mol. The molecule has 3 N–H and O–H groups in total. The van der Waals surface area contributed by atoms with Crippen molar-refractivity contribution >= 4 is 17.9 Å². The number of aromatic amines is 1.